The van der Waals surface area contributed by atoms with E-state index in [-0.39, 0.29) is 0 Å². The van der Waals surface area contributed by atoms with E-state index in [0.29, 0.717) is 32.5 Å². The number of benzene rings is 1. The first-order valence-corrected chi connectivity index (χ1v) is 18.3. The molecule has 0 saturated carbocycles. The Morgan fingerprint density at radius 2 is 0.404 bits per heavy atom. The number of nitrogens with zero attached hydrogens (tertiary/aromatic N) is 1. The highest BCUT2D eigenvalue weighted by Gasteiger charge is 1.97. The predicted molar refractivity (Wildman–Crippen MR) is 226 cm³/mol. The van der Waals surface area contributed by atoms with Crippen molar-refractivity contribution in [3.05, 3.63) is 89.9 Å². The minimum Gasteiger partial charge on any atom is -0.265 e. The summed E-state index contributed by atoms with van der Waals surface area (Å²) in [6, 6.07) is 21.8. The van der Waals surface area contributed by atoms with Crippen LogP contribution >= 0.6 is 11.3 Å². The van der Waals surface area contributed by atoms with Gasteiger partial charge in [0.2, 0.25) is 0 Å². The van der Waals surface area contributed by atoms with Gasteiger partial charge in [-0.25, -0.2) is 0 Å². The monoisotopic (exact) mass is 674 g/mol. The molecule has 0 spiro atoms. The normalized spacial score (nSPS) is 10.6. The van der Waals surface area contributed by atoms with Crippen LogP contribution in [0, 0.1) is 32.5 Å². The number of aromatic nitrogens is 1. The van der Waals surface area contributed by atoms with Gasteiger partial charge in [0, 0.05) is 12.4 Å². The van der Waals surface area contributed by atoms with Crippen molar-refractivity contribution in [2.45, 2.75) is 166 Å². The summed E-state index contributed by atoms with van der Waals surface area (Å²) >= 11 is 1.71. The van der Waals surface area contributed by atoms with E-state index in [4.69, 9.17) is 0 Å². The quantitative estimate of drug-likeness (QED) is 0.231. The van der Waals surface area contributed by atoms with E-state index in [0.717, 1.165) is 0 Å². The summed E-state index contributed by atoms with van der Waals surface area (Å²) < 4.78 is 0. The van der Waals surface area contributed by atoms with E-state index < -0.39 is 0 Å². The average molecular weight is 674 g/mol. The summed E-state index contributed by atoms with van der Waals surface area (Å²) in [5.41, 5.74) is 3.00. The van der Waals surface area contributed by atoms with Crippen molar-refractivity contribution in [1.82, 2.24) is 4.98 Å². The molecule has 2 heterocycles. The van der Waals surface area contributed by atoms with Crippen molar-refractivity contribution < 1.29 is 0 Å². The van der Waals surface area contributed by atoms with Crippen LogP contribution in [-0.4, -0.2) is 4.98 Å². The Kier molecular flexibility index (Phi) is 38.2. The number of hydrogen-bond acceptors (Lipinski definition) is 2. The number of rotatable bonds is 0. The molecule has 0 N–H and O–H groups in total. The lowest BCUT2D eigenvalue weighted by molar-refractivity contribution is 0.469. The van der Waals surface area contributed by atoms with Crippen molar-refractivity contribution in [1.29, 1.82) is 0 Å². The molecule has 0 amide bonds. The maximum Gasteiger partial charge on any atom is 0.0267 e. The largest absolute Gasteiger partial charge is 0.265 e. The highest BCUT2D eigenvalue weighted by atomic mass is 32.1. The van der Waals surface area contributed by atoms with Gasteiger partial charge in [0.05, 0.1) is 0 Å². The molecule has 278 valence electrons. The molecule has 0 unspecified atom stereocenters. The molecule has 1 nitrogen and oxygen atoms in total. The first kappa shape index (κ1) is 57.3. The fraction of sp³-hybridized carbons (Fsp3) is 0.667. The molecular weight excluding hydrogens is 587 g/mol. The second kappa shape index (κ2) is 31.3. The number of thiophene rings is 1. The highest BCUT2D eigenvalue weighted by molar-refractivity contribution is 7.07. The van der Waals surface area contributed by atoms with E-state index in [2.05, 4.69) is 171 Å². The second-order valence-corrected chi connectivity index (χ2v) is 21.8. The Balaban J connectivity index is -0.000000101. The first-order valence-electron chi connectivity index (χ1n) is 17.3. The van der Waals surface area contributed by atoms with Gasteiger partial charge in [-0.05, 0) is 55.4 Å². The molecule has 0 aliphatic heterocycles. The summed E-state index contributed by atoms with van der Waals surface area (Å²) in [7, 11) is 0. The number of pyridine rings is 1. The van der Waals surface area contributed by atoms with Crippen LogP contribution in [0.1, 0.15) is 166 Å². The Morgan fingerprint density at radius 1 is 0.255 bits per heavy atom. The predicted octanol–water partition coefficient (Wildman–Crippen LogP) is 16.8. The molecule has 0 aliphatic rings. The molecule has 47 heavy (non-hydrogen) atoms. The smallest absolute Gasteiger partial charge is 0.0267 e. The van der Waals surface area contributed by atoms with Crippen LogP contribution in [0.4, 0.5) is 0 Å². The van der Waals surface area contributed by atoms with E-state index >= 15 is 0 Å². The molecule has 0 atom stereocenters. The zero-order chi connectivity index (χ0) is 39.0. The lowest BCUT2D eigenvalue weighted by Gasteiger charge is -2.05. The van der Waals surface area contributed by atoms with Gasteiger partial charge in [0.15, 0.2) is 0 Å². The summed E-state index contributed by atoms with van der Waals surface area (Å²) in [5, 5.41) is 4.08. The van der Waals surface area contributed by atoms with Crippen LogP contribution < -0.4 is 0 Å². The molecule has 0 aliphatic carbocycles. The van der Waals surface area contributed by atoms with Crippen LogP contribution in [0.15, 0.2) is 89.9 Å². The summed E-state index contributed by atoms with van der Waals surface area (Å²) in [6.45, 7) is 52.5. The van der Waals surface area contributed by atoms with Crippen LogP contribution in [0.5, 0.6) is 0 Å². The highest BCUT2D eigenvalue weighted by Crippen LogP contribution is 2.10. The molecule has 3 rings (SSSR count). The zero-order valence-electron chi connectivity index (χ0n) is 36.5. The fourth-order valence-corrected chi connectivity index (χ4v) is 1.38. The minimum atomic E-state index is 0.500. The molecule has 2 aromatic heterocycles. The third-order valence-electron chi connectivity index (χ3n) is 1.66. The molecule has 3 aromatic rings. The molecule has 0 radical (unpaired) electrons. The Morgan fingerprint density at radius 3 is 0.468 bits per heavy atom. The second-order valence-electron chi connectivity index (χ2n) is 21.0. The topological polar surface area (TPSA) is 12.9 Å². The molecule has 2 heteroatoms. The number of hydrogen-bond donors (Lipinski definition) is 0. The molecule has 0 fully saturated rings. The average Bonchev–Trinajstić information content (AvgIpc) is 3.36. The van der Waals surface area contributed by atoms with Crippen LogP contribution in [0.2, 0.25) is 0 Å². The van der Waals surface area contributed by atoms with Crippen LogP contribution in [-0.2, 0) is 0 Å². The van der Waals surface area contributed by atoms with Gasteiger partial charge < -0.3 is 0 Å². The maximum atomic E-state index is 3.78. The maximum absolute atomic E-state index is 3.78. The fourth-order valence-electron chi connectivity index (χ4n) is 0.924. The lowest BCUT2D eigenvalue weighted by Crippen LogP contribution is -1.93. The van der Waals surface area contributed by atoms with Gasteiger partial charge in [0.1, 0.15) is 0 Å². The summed E-state index contributed by atoms with van der Waals surface area (Å²) in [6.07, 6.45) is 3.50. The van der Waals surface area contributed by atoms with E-state index in [1.165, 1.54) is 0 Å². The van der Waals surface area contributed by atoms with Gasteiger partial charge in [-0.3, -0.25) is 4.98 Å². The van der Waals surface area contributed by atoms with Crippen molar-refractivity contribution in [2.75, 3.05) is 0 Å². The van der Waals surface area contributed by atoms with Crippen molar-refractivity contribution in [2.24, 2.45) is 32.5 Å². The van der Waals surface area contributed by atoms with Gasteiger partial charge in [0.25, 0.3) is 0 Å². The van der Waals surface area contributed by atoms with E-state index in [1.807, 2.05) is 77.5 Å². The van der Waals surface area contributed by atoms with Crippen LogP contribution in [0.3, 0.4) is 0 Å². The standard InChI is InChI=1S/C6H6.C5H5N.6C5H12.C4H4S/c2*1-2-4-6-5-3-1;6*1-5(2,3)4;1-2-4-5-3-1/h1-6H;1-5H;6*1-4H3;1-4H. The van der Waals surface area contributed by atoms with Gasteiger partial charge in [-0.15, -0.1) is 0 Å². The summed E-state index contributed by atoms with van der Waals surface area (Å²) in [4.78, 5) is 3.78. The SMILES string of the molecule is CC(C)(C)C.CC(C)(C)C.CC(C)(C)C.CC(C)(C)C.CC(C)(C)C.CC(C)(C)C.c1ccccc1.c1ccncc1.c1ccsc1. The zero-order valence-corrected chi connectivity index (χ0v) is 37.3. The van der Waals surface area contributed by atoms with E-state index in [9.17, 15) is 0 Å². The Labute approximate surface area is 303 Å². The van der Waals surface area contributed by atoms with Gasteiger partial charge in [-0.2, -0.15) is 11.3 Å². The molecule has 0 saturated heterocycles. The van der Waals surface area contributed by atoms with Crippen molar-refractivity contribution in [3.8, 4) is 0 Å². The van der Waals surface area contributed by atoms with Gasteiger partial charge >= 0.3 is 0 Å². The summed E-state index contributed by atoms with van der Waals surface area (Å²) in [5.74, 6) is 0. The van der Waals surface area contributed by atoms with Gasteiger partial charge in [-0.1, -0.05) is 221 Å². The third kappa shape index (κ3) is 343. The third-order valence-corrected chi connectivity index (χ3v) is 2.29. The Hall–Kier alpha value is -1.93. The van der Waals surface area contributed by atoms with Crippen molar-refractivity contribution >= 4 is 11.3 Å². The Bertz CT molecular complexity index is 670. The van der Waals surface area contributed by atoms with E-state index in [1.54, 1.807) is 23.7 Å². The minimum absolute atomic E-state index is 0.500. The molecule has 1 aromatic carbocycles. The molecule has 0 bridgehead atoms. The van der Waals surface area contributed by atoms with Crippen molar-refractivity contribution in [3.63, 3.8) is 0 Å². The molecular formula is C45H87NS. The lowest BCUT2D eigenvalue weighted by atomic mass is 10.0. The van der Waals surface area contributed by atoms with Crippen LogP contribution in [0.25, 0.3) is 0 Å². The first-order chi connectivity index (χ1) is 20.5.